The van der Waals surface area contributed by atoms with Gasteiger partial charge in [-0.05, 0) is 24.6 Å². The fourth-order valence-electron chi connectivity index (χ4n) is 1.57. The summed E-state index contributed by atoms with van der Waals surface area (Å²) in [4.78, 5) is 10.9. The Morgan fingerprint density at radius 1 is 1.20 bits per heavy atom. The minimum Gasteiger partial charge on any atom is -0.481 e. The van der Waals surface area contributed by atoms with Crippen LogP contribution in [0, 0.1) is 0 Å². The van der Waals surface area contributed by atoms with Gasteiger partial charge in [-0.25, -0.2) is 0 Å². The largest absolute Gasteiger partial charge is 0.507 e. The zero-order valence-electron chi connectivity index (χ0n) is 9.79. The summed E-state index contributed by atoms with van der Waals surface area (Å²) >= 11 is 2.98. The molecule has 0 radical (unpaired) electrons. The third-order valence-electron chi connectivity index (χ3n) is 2.72. The molecule has 4 nitrogen and oxygen atoms in total. The molecule has 1 atom stereocenters. The monoisotopic (exact) mass is 358 g/mol. The first-order valence-corrected chi connectivity index (χ1v) is 6.04. The Hall–Kier alpha value is -1.51. The molecule has 0 aromatic heterocycles. The summed E-state index contributed by atoms with van der Waals surface area (Å²) in [6, 6.07) is 1.90. The van der Waals surface area contributed by atoms with Gasteiger partial charge in [0.1, 0.15) is 0 Å². The first kappa shape index (κ1) is 14.9. The first-order chi connectivity index (χ1) is 9.05. The molecule has 1 aliphatic rings. The molecular formula is C11H7BrF4O4. The van der Waals surface area contributed by atoms with Gasteiger partial charge in [-0.1, -0.05) is 15.9 Å². The van der Waals surface area contributed by atoms with Gasteiger partial charge in [-0.2, -0.15) is 17.6 Å². The van der Waals surface area contributed by atoms with Crippen LogP contribution in [-0.2, 0) is 4.79 Å². The molecule has 1 aromatic rings. The van der Waals surface area contributed by atoms with Crippen molar-refractivity contribution in [2.24, 2.45) is 0 Å². The van der Waals surface area contributed by atoms with Crippen LogP contribution in [-0.4, -0.2) is 23.3 Å². The summed E-state index contributed by atoms with van der Waals surface area (Å²) in [6.07, 6.45) is -9.64. The van der Waals surface area contributed by atoms with E-state index in [1.807, 2.05) is 0 Å². The second-order valence-electron chi connectivity index (χ2n) is 4.12. The number of aliphatic carboxylic acids is 1. The van der Waals surface area contributed by atoms with Gasteiger partial charge in [0.15, 0.2) is 11.5 Å². The van der Waals surface area contributed by atoms with Gasteiger partial charge in [0, 0.05) is 4.47 Å². The normalized spacial score (nSPS) is 20.3. The minimum absolute atomic E-state index is 0.0980. The summed E-state index contributed by atoms with van der Waals surface area (Å²) in [5, 5.41) is 8.89. The van der Waals surface area contributed by atoms with Crippen LogP contribution in [0.25, 0.3) is 0 Å². The standard InChI is InChI=1S/C11H7BrF4O4/c1-4(9(17)18)5-2-7-8(3-6(5)12)20-11(15,16)10(13,14)19-7/h2-4H,1H3,(H,17,18). The van der Waals surface area contributed by atoms with E-state index in [1.165, 1.54) is 6.92 Å². The SMILES string of the molecule is CC(C(=O)O)c1cc2c(cc1Br)OC(F)(F)C(F)(F)O2. The maximum absolute atomic E-state index is 13.0. The Morgan fingerprint density at radius 2 is 1.65 bits per heavy atom. The third-order valence-corrected chi connectivity index (χ3v) is 3.40. The Labute approximate surface area is 118 Å². The maximum Gasteiger partial charge on any atom is 0.507 e. The molecule has 110 valence electrons. The number of carboxylic acids is 1. The number of benzene rings is 1. The average molecular weight is 359 g/mol. The van der Waals surface area contributed by atoms with Crippen LogP contribution in [0.4, 0.5) is 17.6 Å². The quantitative estimate of drug-likeness (QED) is 0.820. The van der Waals surface area contributed by atoms with Gasteiger partial charge < -0.3 is 14.6 Å². The molecule has 0 bridgehead atoms. The predicted molar refractivity (Wildman–Crippen MR) is 61.3 cm³/mol. The Bertz CT molecular complexity index is 576. The zero-order chi connectivity index (χ0) is 15.3. The molecule has 1 N–H and O–H groups in total. The van der Waals surface area contributed by atoms with E-state index in [0.29, 0.717) is 0 Å². The van der Waals surface area contributed by atoms with Crippen LogP contribution in [0.15, 0.2) is 16.6 Å². The first-order valence-electron chi connectivity index (χ1n) is 5.25. The molecule has 0 saturated carbocycles. The number of hydrogen-bond acceptors (Lipinski definition) is 3. The van der Waals surface area contributed by atoms with E-state index in [0.717, 1.165) is 12.1 Å². The molecule has 9 heteroatoms. The van der Waals surface area contributed by atoms with E-state index in [4.69, 9.17) is 5.11 Å². The Kier molecular flexibility index (Phi) is 3.35. The van der Waals surface area contributed by atoms with Gasteiger partial charge in [0.25, 0.3) is 0 Å². The molecule has 20 heavy (non-hydrogen) atoms. The van der Waals surface area contributed by atoms with Gasteiger partial charge in [0.05, 0.1) is 5.92 Å². The highest BCUT2D eigenvalue weighted by molar-refractivity contribution is 9.10. The fourth-order valence-corrected chi connectivity index (χ4v) is 2.24. The van der Waals surface area contributed by atoms with Crippen molar-refractivity contribution in [3.63, 3.8) is 0 Å². The highest BCUT2D eigenvalue weighted by Gasteiger charge is 2.66. The van der Waals surface area contributed by atoms with Crippen molar-refractivity contribution < 1.29 is 36.9 Å². The molecule has 0 aliphatic carbocycles. The van der Waals surface area contributed by atoms with Crippen molar-refractivity contribution in [3.05, 3.63) is 22.2 Å². The molecule has 0 fully saturated rings. The molecule has 0 amide bonds. The van der Waals surface area contributed by atoms with Crippen LogP contribution >= 0.6 is 15.9 Å². The molecule has 1 heterocycles. The lowest BCUT2D eigenvalue weighted by atomic mass is 10.0. The summed E-state index contributed by atoms with van der Waals surface area (Å²) in [5.74, 6) is -3.50. The van der Waals surface area contributed by atoms with E-state index in [9.17, 15) is 22.4 Å². The lowest BCUT2D eigenvalue weighted by Gasteiger charge is -2.32. The third kappa shape index (κ3) is 2.30. The summed E-state index contributed by atoms with van der Waals surface area (Å²) in [7, 11) is 0. The Morgan fingerprint density at radius 3 is 2.10 bits per heavy atom. The number of fused-ring (bicyclic) bond motifs is 1. The van der Waals surface area contributed by atoms with Crippen LogP contribution in [0.1, 0.15) is 18.4 Å². The number of alkyl halides is 4. The predicted octanol–water partition coefficient (Wildman–Crippen LogP) is 3.59. The molecule has 1 aliphatic heterocycles. The topological polar surface area (TPSA) is 55.8 Å². The molecule has 1 unspecified atom stereocenters. The lowest BCUT2D eigenvalue weighted by molar-refractivity contribution is -0.391. The lowest BCUT2D eigenvalue weighted by Crippen LogP contribution is -2.52. The van der Waals surface area contributed by atoms with Gasteiger partial charge in [0.2, 0.25) is 0 Å². The van der Waals surface area contributed by atoms with Crippen molar-refractivity contribution in [2.75, 3.05) is 0 Å². The van der Waals surface area contributed by atoms with E-state index >= 15 is 0 Å². The van der Waals surface area contributed by atoms with Crippen molar-refractivity contribution in [2.45, 2.75) is 25.1 Å². The highest BCUT2D eigenvalue weighted by atomic mass is 79.9. The van der Waals surface area contributed by atoms with Crippen molar-refractivity contribution >= 4 is 21.9 Å². The number of carboxylic acid groups (broad SMARTS) is 1. The van der Waals surface area contributed by atoms with Crippen LogP contribution in [0.3, 0.4) is 0 Å². The molecule has 0 spiro atoms. The minimum atomic E-state index is -4.84. The van der Waals surface area contributed by atoms with Gasteiger partial charge in [-0.15, -0.1) is 0 Å². The van der Waals surface area contributed by atoms with Gasteiger partial charge in [-0.3, -0.25) is 4.79 Å². The number of rotatable bonds is 2. The molecular weight excluding hydrogens is 352 g/mol. The number of carbonyl (C=O) groups is 1. The smallest absolute Gasteiger partial charge is 0.481 e. The van der Waals surface area contributed by atoms with E-state index in [1.54, 1.807) is 0 Å². The van der Waals surface area contributed by atoms with Crippen LogP contribution < -0.4 is 9.47 Å². The summed E-state index contributed by atoms with van der Waals surface area (Å²) in [5.41, 5.74) is 0.0980. The van der Waals surface area contributed by atoms with Crippen molar-refractivity contribution in [1.82, 2.24) is 0 Å². The second-order valence-corrected chi connectivity index (χ2v) is 4.97. The number of ether oxygens (including phenoxy) is 2. The van der Waals surface area contributed by atoms with Gasteiger partial charge >= 0.3 is 18.2 Å². The molecule has 2 rings (SSSR count). The Balaban J connectivity index is 2.50. The fraction of sp³-hybridized carbons (Fsp3) is 0.364. The zero-order valence-corrected chi connectivity index (χ0v) is 11.4. The van der Waals surface area contributed by atoms with Crippen LogP contribution in [0.5, 0.6) is 11.5 Å². The summed E-state index contributed by atoms with van der Waals surface area (Å²) < 4.78 is 60.0. The second kappa shape index (κ2) is 4.51. The summed E-state index contributed by atoms with van der Waals surface area (Å²) in [6.45, 7) is 1.31. The maximum atomic E-state index is 13.0. The van der Waals surface area contributed by atoms with E-state index in [2.05, 4.69) is 25.4 Å². The highest BCUT2D eigenvalue weighted by Crippen LogP contribution is 2.49. The molecule has 0 saturated heterocycles. The van der Waals surface area contributed by atoms with Crippen molar-refractivity contribution in [1.29, 1.82) is 0 Å². The molecule has 1 aromatic carbocycles. The van der Waals surface area contributed by atoms with Crippen LogP contribution in [0.2, 0.25) is 0 Å². The van der Waals surface area contributed by atoms with E-state index in [-0.39, 0.29) is 10.0 Å². The average Bonchev–Trinajstić information content (AvgIpc) is 2.29. The number of halogens is 5. The number of hydrogen-bond donors (Lipinski definition) is 1. The van der Waals surface area contributed by atoms with E-state index < -0.39 is 35.6 Å². The van der Waals surface area contributed by atoms with Crippen molar-refractivity contribution in [3.8, 4) is 11.5 Å².